The fourth-order valence-electron chi connectivity index (χ4n) is 2.12. The van der Waals surface area contributed by atoms with E-state index >= 15 is 0 Å². The van der Waals surface area contributed by atoms with Crippen LogP contribution in [0.25, 0.3) is 0 Å². The van der Waals surface area contributed by atoms with Crippen molar-refractivity contribution in [2.24, 2.45) is 0 Å². The molecular weight excluding hydrogens is 294 g/mol. The van der Waals surface area contributed by atoms with Gasteiger partial charge in [0, 0.05) is 5.54 Å². The monoisotopic (exact) mass is 317 g/mol. The Balaban J connectivity index is 3.27. The molecule has 8 heteroatoms. The second kappa shape index (κ2) is 6.15. The van der Waals surface area contributed by atoms with Crippen molar-refractivity contribution in [1.82, 2.24) is 14.5 Å². The van der Waals surface area contributed by atoms with Crippen LogP contribution < -0.4 is 4.72 Å². The van der Waals surface area contributed by atoms with Gasteiger partial charge in [0.2, 0.25) is 10.0 Å². The average molecular weight is 317 g/mol. The molecule has 0 spiro atoms. The molecule has 21 heavy (non-hydrogen) atoms. The van der Waals surface area contributed by atoms with E-state index in [2.05, 4.69) is 9.82 Å². The van der Waals surface area contributed by atoms with Gasteiger partial charge in [-0.25, -0.2) is 13.1 Å². The minimum Gasteiger partial charge on any atom is -0.480 e. The Kier molecular flexibility index (Phi) is 5.16. The molecule has 0 aliphatic rings. The zero-order chi connectivity index (χ0) is 16.4. The predicted octanol–water partition coefficient (Wildman–Crippen LogP) is 1.44. The zero-order valence-corrected chi connectivity index (χ0v) is 13.9. The summed E-state index contributed by atoms with van der Waals surface area (Å²) in [5.41, 5.74) is 0.0971. The molecule has 0 aromatic carbocycles. The smallest absolute Gasteiger partial charge is 0.325 e. The molecule has 0 bridgehead atoms. The molecule has 0 aliphatic heterocycles. The van der Waals surface area contributed by atoms with Gasteiger partial charge in [-0.05, 0) is 33.6 Å². The van der Waals surface area contributed by atoms with Gasteiger partial charge in [-0.2, -0.15) is 5.10 Å². The van der Waals surface area contributed by atoms with E-state index in [4.69, 9.17) is 5.11 Å². The molecule has 0 radical (unpaired) electrons. The Labute approximate surface area is 125 Å². The third kappa shape index (κ3) is 3.82. The summed E-state index contributed by atoms with van der Waals surface area (Å²) < 4.78 is 29.1. The fraction of sp³-hybridized carbons (Fsp3) is 0.692. The molecule has 0 saturated carbocycles. The number of carboxylic acid groups (broad SMARTS) is 1. The molecule has 0 aliphatic carbocycles. The van der Waals surface area contributed by atoms with Crippen LogP contribution in [0.5, 0.6) is 0 Å². The number of hydrogen-bond donors (Lipinski definition) is 2. The van der Waals surface area contributed by atoms with Gasteiger partial charge < -0.3 is 5.11 Å². The number of aliphatic carboxylic acids is 1. The van der Waals surface area contributed by atoms with E-state index in [1.165, 1.54) is 4.68 Å². The summed E-state index contributed by atoms with van der Waals surface area (Å²) in [4.78, 5) is 10.9. The number of hydrogen-bond acceptors (Lipinski definition) is 4. The van der Waals surface area contributed by atoms with Crippen LogP contribution in [0.4, 0.5) is 0 Å². The van der Waals surface area contributed by atoms with Crippen LogP contribution in [-0.4, -0.2) is 34.8 Å². The predicted molar refractivity (Wildman–Crippen MR) is 78.6 cm³/mol. The number of nitrogens with one attached hydrogen (secondary N) is 1. The standard InChI is InChI=1S/C13H23N3O4S/c1-6-13(5,7-2)15-21(19,20)12-9(3)14-16(10(12)4)8-11(17)18/h15H,6-8H2,1-5H3,(H,17,18). The second-order valence-electron chi connectivity index (χ2n) is 5.42. The quantitative estimate of drug-likeness (QED) is 0.792. The summed E-state index contributed by atoms with van der Waals surface area (Å²) in [6, 6.07) is 0. The van der Waals surface area contributed by atoms with Crippen molar-refractivity contribution in [1.29, 1.82) is 0 Å². The van der Waals surface area contributed by atoms with Crippen molar-refractivity contribution in [2.45, 2.75) is 64.4 Å². The zero-order valence-electron chi connectivity index (χ0n) is 13.1. The number of aryl methyl sites for hydroxylation is 1. The molecule has 1 heterocycles. The van der Waals surface area contributed by atoms with Crippen molar-refractivity contribution in [3.05, 3.63) is 11.4 Å². The molecule has 7 nitrogen and oxygen atoms in total. The van der Waals surface area contributed by atoms with Crippen molar-refractivity contribution in [3.8, 4) is 0 Å². The lowest BCUT2D eigenvalue weighted by molar-refractivity contribution is -0.137. The van der Waals surface area contributed by atoms with Gasteiger partial charge in [0.15, 0.2) is 0 Å². The number of rotatable bonds is 7. The molecule has 2 N–H and O–H groups in total. The van der Waals surface area contributed by atoms with E-state index in [1.807, 2.05) is 20.8 Å². The van der Waals surface area contributed by atoms with E-state index in [0.717, 1.165) is 0 Å². The lowest BCUT2D eigenvalue weighted by atomic mass is 9.98. The lowest BCUT2D eigenvalue weighted by Gasteiger charge is -2.27. The van der Waals surface area contributed by atoms with Gasteiger partial charge in [0.25, 0.3) is 0 Å². The highest BCUT2D eigenvalue weighted by Gasteiger charge is 2.31. The normalized spacial score (nSPS) is 12.6. The summed E-state index contributed by atoms with van der Waals surface area (Å²) in [5.74, 6) is -1.07. The minimum atomic E-state index is -3.74. The maximum absolute atomic E-state index is 12.6. The third-order valence-electron chi connectivity index (χ3n) is 3.81. The third-order valence-corrected chi connectivity index (χ3v) is 5.70. The summed E-state index contributed by atoms with van der Waals surface area (Å²) >= 11 is 0. The first-order valence-electron chi connectivity index (χ1n) is 6.86. The Hall–Kier alpha value is -1.41. The van der Waals surface area contributed by atoms with Crippen LogP contribution in [0.1, 0.15) is 45.0 Å². The number of sulfonamides is 1. The Morgan fingerprint density at radius 3 is 2.29 bits per heavy atom. The molecule has 0 atom stereocenters. The van der Waals surface area contributed by atoms with Gasteiger partial charge >= 0.3 is 5.97 Å². The molecule has 1 aromatic rings. The molecule has 0 amide bonds. The van der Waals surface area contributed by atoms with Crippen LogP contribution in [-0.2, 0) is 21.4 Å². The van der Waals surface area contributed by atoms with Gasteiger partial charge in [-0.15, -0.1) is 0 Å². The summed E-state index contributed by atoms with van der Waals surface area (Å²) in [6.45, 7) is 8.44. The number of carboxylic acids is 1. The topological polar surface area (TPSA) is 101 Å². The summed E-state index contributed by atoms with van der Waals surface area (Å²) in [7, 11) is -3.74. The maximum Gasteiger partial charge on any atom is 0.325 e. The fourth-order valence-corrected chi connectivity index (χ4v) is 4.08. The van der Waals surface area contributed by atoms with E-state index in [9.17, 15) is 13.2 Å². The van der Waals surface area contributed by atoms with Gasteiger partial charge in [-0.1, -0.05) is 13.8 Å². The highest BCUT2D eigenvalue weighted by Crippen LogP contribution is 2.23. The van der Waals surface area contributed by atoms with Crippen LogP contribution in [0.2, 0.25) is 0 Å². The summed E-state index contributed by atoms with van der Waals surface area (Å²) in [5, 5.41) is 12.8. The van der Waals surface area contributed by atoms with Gasteiger partial charge in [-0.3, -0.25) is 9.48 Å². The molecule has 1 rings (SSSR count). The number of carbonyl (C=O) groups is 1. The van der Waals surface area contributed by atoms with Crippen LogP contribution in [0.15, 0.2) is 4.90 Å². The van der Waals surface area contributed by atoms with Crippen molar-refractivity contribution in [3.63, 3.8) is 0 Å². The number of aromatic nitrogens is 2. The number of nitrogens with zero attached hydrogens (tertiary/aromatic N) is 2. The molecule has 0 fully saturated rings. The van der Waals surface area contributed by atoms with Crippen molar-refractivity contribution in [2.75, 3.05) is 0 Å². The van der Waals surface area contributed by atoms with Crippen LogP contribution >= 0.6 is 0 Å². The van der Waals surface area contributed by atoms with Gasteiger partial charge in [0.05, 0.1) is 11.4 Å². The van der Waals surface area contributed by atoms with E-state index in [0.29, 0.717) is 24.2 Å². The van der Waals surface area contributed by atoms with Crippen molar-refractivity contribution >= 4 is 16.0 Å². The second-order valence-corrected chi connectivity index (χ2v) is 7.04. The lowest BCUT2D eigenvalue weighted by Crippen LogP contribution is -2.45. The Morgan fingerprint density at radius 2 is 1.86 bits per heavy atom. The Morgan fingerprint density at radius 1 is 1.33 bits per heavy atom. The van der Waals surface area contributed by atoms with Crippen molar-refractivity contribution < 1.29 is 18.3 Å². The Bertz CT molecular complexity index is 630. The molecular formula is C13H23N3O4S. The summed E-state index contributed by atoms with van der Waals surface area (Å²) in [6.07, 6.45) is 1.31. The van der Waals surface area contributed by atoms with E-state index in [1.54, 1.807) is 13.8 Å². The van der Waals surface area contributed by atoms with Crippen LogP contribution in [0.3, 0.4) is 0 Å². The molecule has 120 valence electrons. The molecule has 0 unspecified atom stereocenters. The maximum atomic E-state index is 12.6. The minimum absolute atomic E-state index is 0.0666. The largest absolute Gasteiger partial charge is 0.480 e. The molecule has 0 saturated heterocycles. The van der Waals surface area contributed by atoms with E-state index < -0.39 is 21.5 Å². The van der Waals surface area contributed by atoms with Crippen LogP contribution in [0, 0.1) is 13.8 Å². The first kappa shape index (κ1) is 17.6. The average Bonchev–Trinajstić information content (AvgIpc) is 2.63. The highest BCUT2D eigenvalue weighted by molar-refractivity contribution is 7.89. The highest BCUT2D eigenvalue weighted by atomic mass is 32.2. The van der Waals surface area contributed by atoms with Gasteiger partial charge in [0.1, 0.15) is 11.4 Å². The van der Waals surface area contributed by atoms with E-state index in [-0.39, 0.29) is 11.4 Å². The first-order chi connectivity index (χ1) is 9.56. The SMILES string of the molecule is CCC(C)(CC)NS(=O)(=O)c1c(C)nn(CC(=O)O)c1C. The molecule has 1 aromatic heterocycles. The first-order valence-corrected chi connectivity index (χ1v) is 8.34.